The van der Waals surface area contributed by atoms with Crippen LogP contribution in [0.2, 0.25) is 0 Å². The topological polar surface area (TPSA) is 22.0 Å². The van der Waals surface area contributed by atoms with Crippen LogP contribution in [-0.4, -0.2) is 10.4 Å². The molecule has 0 atom stereocenters. The van der Waals surface area contributed by atoms with E-state index in [9.17, 15) is 4.79 Å². The fourth-order valence-corrected chi connectivity index (χ4v) is 3.09. The maximum absolute atomic E-state index is 12.6. The molecule has 0 fully saturated rings. The molecule has 0 saturated heterocycles. The van der Waals surface area contributed by atoms with Gasteiger partial charge in [-0.1, -0.05) is 66.7 Å². The first-order valence-corrected chi connectivity index (χ1v) is 8.05. The van der Waals surface area contributed by atoms with E-state index in [1.165, 1.54) is 0 Å². The number of hydrogen-bond donors (Lipinski definition) is 0. The van der Waals surface area contributed by atoms with Crippen LogP contribution in [0.25, 0.3) is 16.6 Å². The zero-order valence-corrected chi connectivity index (χ0v) is 13.2. The van der Waals surface area contributed by atoms with E-state index in [1.807, 2.05) is 60.7 Å². The molecule has 2 nitrogen and oxygen atoms in total. The molecule has 0 bridgehead atoms. The molecule has 1 aromatic heterocycles. The van der Waals surface area contributed by atoms with Crippen LogP contribution in [0.1, 0.15) is 15.9 Å². The van der Waals surface area contributed by atoms with E-state index >= 15 is 0 Å². The van der Waals surface area contributed by atoms with E-state index in [-0.39, 0.29) is 5.78 Å². The summed E-state index contributed by atoms with van der Waals surface area (Å²) in [5.74, 6) is 0.145. The lowest BCUT2D eigenvalue weighted by molar-refractivity contribution is 0.0993. The van der Waals surface area contributed by atoms with Gasteiger partial charge in [0, 0.05) is 29.3 Å². The third-order valence-corrected chi connectivity index (χ3v) is 4.28. The van der Waals surface area contributed by atoms with E-state index in [4.69, 9.17) is 0 Å². The number of benzene rings is 3. The zero-order chi connectivity index (χ0) is 16.4. The summed E-state index contributed by atoms with van der Waals surface area (Å²) in [6.07, 6.45) is 2.49. The Balaban J connectivity index is 1.78. The fraction of sp³-hybridized carbons (Fsp3) is 0.0455. The van der Waals surface area contributed by atoms with E-state index in [1.54, 1.807) is 0 Å². The molecule has 0 unspecified atom stereocenters. The lowest BCUT2D eigenvalue weighted by atomic mass is 10.0. The second-order valence-corrected chi connectivity index (χ2v) is 5.84. The van der Waals surface area contributed by atoms with Crippen molar-refractivity contribution in [1.82, 2.24) is 4.57 Å². The molecule has 0 aliphatic heterocycles. The van der Waals surface area contributed by atoms with Gasteiger partial charge in [0.25, 0.3) is 0 Å². The van der Waals surface area contributed by atoms with Crippen molar-refractivity contribution in [2.45, 2.75) is 6.42 Å². The molecule has 0 N–H and O–H groups in total. The van der Waals surface area contributed by atoms with E-state index in [0.29, 0.717) is 6.42 Å². The minimum Gasteiger partial charge on any atom is -0.316 e. The number of ketones is 1. The van der Waals surface area contributed by atoms with Gasteiger partial charge in [0.05, 0.1) is 5.52 Å². The Labute approximate surface area is 141 Å². The number of nitrogens with zero attached hydrogens (tertiary/aromatic N) is 1. The van der Waals surface area contributed by atoms with Crippen LogP contribution in [0.15, 0.2) is 91.1 Å². The van der Waals surface area contributed by atoms with Crippen LogP contribution in [-0.2, 0) is 6.42 Å². The molecule has 4 aromatic rings. The van der Waals surface area contributed by atoms with Gasteiger partial charge in [0.2, 0.25) is 0 Å². The van der Waals surface area contributed by atoms with Crippen molar-refractivity contribution in [3.8, 4) is 5.69 Å². The zero-order valence-electron chi connectivity index (χ0n) is 13.2. The monoisotopic (exact) mass is 311 g/mol. The van der Waals surface area contributed by atoms with Crippen LogP contribution in [0.4, 0.5) is 0 Å². The number of fused-ring (bicyclic) bond motifs is 1. The third kappa shape index (κ3) is 2.63. The minimum absolute atomic E-state index is 0.145. The van der Waals surface area contributed by atoms with Gasteiger partial charge < -0.3 is 4.57 Å². The Hall–Kier alpha value is -3.13. The van der Waals surface area contributed by atoms with Crippen molar-refractivity contribution in [1.29, 1.82) is 0 Å². The summed E-state index contributed by atoms with van der Waals surface area (Å²) < 4.78 is 2.16. The molecule has 24 heavy (non-hydrogen) atoms. The summed E-state index contributed by atoms with van der Waals surface area (Å²) >= 11 is 0. The van der Waals surface area contributed by atoms with Gasteiger partial charge in [-0.2, -0.15) is 0 Å². The average molecular weight is 311 g/mol. The lowest BCUT2D eigenvalue weighted by Crippen LogP contribution is -2.02. The molecule has 0 aliphatic carbocycles. The fourth-order valence-electron chi connectivity index (χ4n) is 3.09. The van der Waals surface area contributed by atoms with Gasteiger partial charge in [0.15, 0.2) is 5.78 Å². The molecule has 0 radical (unpaired) electrons. The van der Waals surface area contributed by atoms with Crippen molar-refractivity contribution >= 4 is 16.7 Å². The molecule has 116 valence electrons. The van der Waals surface area contributed by atoms with Gasteiger partial charge in [-0.05, 0) is 23.8 Å². The number of hydrogen-bond acceptors (Lipinski definition) is 1. The lowest BCUT2D eigenvalue weighted by Gasteiger charge is -2.04. The largest absolute Gasteiger partial charge is 0.316 e. The van der Waals surface area contributed by atoms with Crippen molar-refractivity contribution in [2.75, 3.05) is 0 Å². The Kier molecular flexibility index (Phi) is 3.72. The first-order chi connectivity index (χ1) is 11.8. The highest BCUT2D eigenvalue weighted by atomic mass is 16.1. The number of carbonyl (C=O) groups is 1. The number of carbonyl (C=O) groups excluding carboxylic acids is 1. The Morgan fingerprint density at radius 3 is 2.12 bits per heavy atom. The smallest absolute Gasteiger partial charge is 0.167 e. The number of aromatic nitrogens is 1. The third-order valence-electron chi connectivity index (χ3n) is 4.28. The Bertz CT molecular complexity index is 984. The van der Waals surface area contributed by atoms with E-state index in [2.05, 4.69) is 35.0 Å². The summed E-state index contributed by atoms with van der Waals surface area (Å²) in [6.45, 7) is 0. The highest BCUT2D eigenvalue weighted by Gasteiger charge is 2.13. The second kappa shape index (κ2) is 6.17. The SMILES string of the molecule is O=C(Cc1cn(-c2ccccc2)c2ccccc12)c1ccccc1. The van der Waals surface area contributed by atoms with Crippen LogP contribution in [0.3, 0.4) is 0 Å². The highest BCUT2D eigenvalue weighted by Crippen LogP contribution is 2.26. The normalized spacial score (nSPS) is 10.8. The molecule has 2 heteroatoms. The summed E-state index contributed by atoms with van der Waals surface area (Å²) in [4.78, 5) is 12.6. The minimum atomic E-state index is 0.145. The van der Waals surface area contributed by atoms with E-state index in [0.717, 1.165) is 27.7 Å². The van der Waals surface area contributed by atoms with Gasteiger partial charge in [-0.15, -0.1) is 0 Å². The molecular formula is C22H17NO. The molecule has 1 heterocycles. The van der Waals surface area contributed by atoms with Crippen molar-refractivity contribution in [2.24, 2.45) is 0 Å². The Morgan fingerprint density at radius 1 is 0.750 bits per heavy atom. The summed E-state index contributed by atoms with van der Waals surface area (Å²) in [7, 11) is 0. The Morgan fingerprint density at radius 2 is 1.38 bits per heavy atom. The van der Waals surface area contributed by atoms with E-state index < -0.39 is 0 Å². The second-order valence-electron chi connectivity index (χ2n) is 5.84. The van der Waals surface area contributed by atoms with Crippen LogP contribution in [0.5, 0.6) is 0 Å². The average Bonchev–Trinajstić information content (AvgIpc) is 3.02. The standard InChI is InChI=1S/C22H17NO/c24-22(17-9-3-1-4-10-17)15-18-16-23(19-11-5-2-6-12-19)21-14-8-7-13-20(18)21/h1-14,16H,15H2. The molecule has 4 rings (SSSR count). The molecule has 0 saturated carbocycles. The van der Waals surface area contributed by atoms with Crippen LogP contribution in [0, 0.1) is 0 Å². The molecule has 0 amide bonds. The maximum Gasteiger partial charge on any atom is 0.167 e. The summed E-state index contributed by atoms with van der Waals surface area (Å²) in [5, 5.41) is 1.13. The first kappa shape index (κ1) is 14.5. The maximum atomic E-state index is 12.6. The summed E-state index contributed by atoms with van der Waals surface area (Å²) in [5.41, 5.74) is 4.05. The van der Waals surface area contributed by atoms with Gasteiger partial charge >= 0.3 is 0 Å². The highest BCUT2D eigenvalue weighted by molar-refractivity contribution is 6.00. The van der Waals surface area contributed by atoms with Crippen LogP contribution < -0.4 is 0 Å². The first-order valence-electron chi connectivity index (χ1n) is 8.05. The number of rotatable bonds is 4. The number of Topliss-reactive ketones (excluding diaryl/α,β-unsaturated/α-hetero) is 1. The van der Waals surface area contributed by atoms with Crippen LogP contribution >= 0.6 is 0 Å². The van der Waals surface area contributed by atoms with Gasteiger partial charge in [0.1, 0.15) is 0 Å². The quantitative estimate of drug-likeness (QED) is 0.483. The van der Waals surface area contributed by atoms with Crippen molar-refractivity contribution in [3.63, 3.8) is 0 Å². The molecule has 0 spiro atoms. The van der Waals surface area contributed by atoms with Gasteiger partial charge in [-0.3, -0.25) is 4.79 Å². The van der Waals surface area contributed by atoms with Crippen molar-refractivity contribution in [3.05, 3.63) is 102 Å². The van der Waals surface area contributed by atoms with Crippen molar-refractivity contribution < 1.29 is 4.79 Å². The molecule has 0 aliphatic rings. The summed E-state index contributed by atoms with van der Waals surface area (Å²) in [6, 6.07) is 27.9. The van der Waals surface area contributed by atoms with Gasteiger partial charge in [-0.25, -0.2) is 0 Å². The number of para-hydroxylation sites is 2. The predicted molar refractivity (Wildman–Crippen MR) is 97.8 cm³/mol. The molecule has 3 aromatic carbocycles. The molecular weight excluding hydrogens is 294 g/mol. The predicted octanol–water partition coefficient (Wildman–Crippen LogP) is 5.06.